The molecule has 0 aromatic heterocycles. The van der Waals surface area contributed by atoms with E-state index in [-0.39, 0.29) is 0 Å². The van der Waals surface area contributed by atoms with Crippen LogP contribution in [0.4, 0.5) is 4.39 Å². The Morgan fingerprint density at radius 1 is 1.27 bits per heavy atom. The van der Waals surface area contributed by atoms with Gasteiger partial charge in [0.25, 0.3) is 0 Å². The molecule has 0 saturated heterocycles. The zero-order chi connectivity index (χ0) is 8.85. The zero-order valence-electron chi connectivity index (χ0n) is 5.32. The Kier molecular flexibility index (Phi) is 3.58. The Balaban J connectivity index is 4.13. The molecule has 0 aromatic rings. The summed E-state index contributed by atoms with van der Waals surface area (Å²) in [7, 11) is 0. The molecule has 0 aliphatic rings. The molecule has 0 amide bonds. The smallest absolute Gasteiger partial charge is 0.364 e. The van der Waals surface area contributed by atoms with Gasteiger partial charge < -0.3 is 10.2 Å². The monoisotopic (exact) mass is 160 g/mol. The van der Waals surface area contributed by atoms with Gasteiger partial charge in [0.2, 0.25) is 5.83 Å². The zero-order valence-corrected chi connectivity index (χ0v) is 5.32. The Bertz CT molecular complexity index is 229. The van der Waals surface area contributed by atoms with E-state index in [1.165, 1.54) is 0 Å². The van der Waals surface area contributed by atoms with Crippen LogP contribution in [0.25, 0.3) is 0 Å². The van der Waals surface area contributed by atoms with E-state index < -0.39 is 17.8 Å². The summed E-state index contributed by atoms with van der Waals surface area (Å²) in [4.78, 5) is 19.5. The number of rotatable bonds is 3. The van der Waals surface area contributed by atoms with E-state index in [1.54, 1.807) is 0 Å². The van der Waals surface area contributed by atoms with Crippen LogP contribution in [0.3, 0.4) is 0 Å². The second-order valence-electron chi connectivity index (χ2n) is 1.52. The number of carboxylic acids is 2. The third kappa shape index (κ3) is 4.83. The minimum atomic E-state index is -1.72. The highest BCUT2D eigenvalue weighted by Crippen LogP contribution is 1.95. The lowest BCUT2D eigenvalue weighted by molar-refractivity contribution is -0.134. The van der Waals surface area contributed by atoms with E-state index >= 15 is 0 Å². The third-order valence-electron chi connectivity index (χ3n) is 0.686. The van der Waals surface area contributed by atoms with Gasteiger partial charge in [0.15, 0.2) is 0 Å². The standard InChI is InChI=1S/C6H5FO4/c7-4(6(10)11)2-1-3-5(8)9/h1-3H,(H,8,9)(H,10,11)/b3-1+,4-2-. The van der Waals surface area contributed by atoms with E-state index in [0.29, 0.717) is 12.2 Å². The molecule has 0 heterocycles. The maximum absolute atomic E-state index is 12.0. The first kappa shape index (κ1) is 9.35. The van der Waals surface area contributed by atoms with Crippen LogP contribution in [-0.4, -0.2) is 22.2 Å². The van der Waals surface area contributed by atoms with Crippen molar-refractivity contribution in [1.29, 1.82) is 0 Å². The highest BCUT2D eigenvalue weighted by Gasteiger charge is 2.01. The molecule has 2 N–H and O–H groups in total. The molecule has 0 atom stereocenters. The van der Waals surface area contributed by atoms with Crippen molar-refractivity contribution in [2.24, 2.45) is 0 Å². The first-order chi connectivity index (χ1) is 5.04. The molecular formula is C6H5FO4. The van der Waals surface area contributed by atoms with E-state index in [9.17, 15) is 14.0 Å². The van der Waals surface area contributed by atoms with Gasteiger partial charge in [0.05, 0.1) is 0 Å². The maximum Gasteiger partial charge on any atom is 0.364 e. The van der Waals surface area contributed by atoms with E-state index in [1.807, 2.05) is 0 Å². The summed E-state index contributed by atoms with van der Waals surface area (Å²) in [6.45, 7) is 0. The van der Waals surface area contributed by atoms with Crippen molar-refractivity contribution in [3.05, 3.63) is 24.1 Å². The van der Waals surface area contributed by atoms with E-state index in [4.69, 9.17) is 10.2 Å². The lowest BCUT2D eigenvalue weighted by atomic mass is 10.4. The van der Waals surface area contributed by atoms with Crippen molar-refractivity contribution >= 4 is 11.9 Å². The van der Waals surface area contributed by atoms with Crippen LogP contribution in [0, 0.1) is 0 Å². The molecule has 4 nitrogen and oxygen atoms in total. The Hall–Kier alpha value is -1.65. The third-order valence-corrected chi connectivity index (χ3v) is 0.686. The molecular weight excluding hydrogens is 155 g/mol. The molecule has 0 bridgehead atoms. The summed E-state index contributed by atoms with van der Waals surface area (Å²) in [6, 6.07) is 0. The fraction of sp³-hybridized carbons (Fsp3) is 0. The Morgan fingerprint density at radius 2 is 1.82 bits per heavy atom. The average molecular weight is 160 g/mol. The molecule has 0 rings (SSSR count). The van der Waals surface area contributed by atoms with Crippen LogP contribution in [0.15, 0.2) is 24.1 Å². The molecule has 11 heavy (non-hydrogen) atoms. The van der Waals surface area contributed by atoms with E-state index in [2.05, 4.69) is 0 Å². The summed E-state index contributed by atoms with van der Waals surface area (Å²) < 4.78 is 12.0. The molecule has 0 radical (unpaired) electrons. The van der Waals surface area contributed by atoms with E-state index in [0.717, 1.165) is 6.08 Å². The fourth-order valence-electron chi connectivity index (χ4n) is 0.286. The van der Waals surface area contributed by atoms with Crippen molar-refractivity contribution in [3.63, 3.8) is 0 Å². The van der Waals surface area contributed by atoms with Crippen LogP contribution in [0.2, 0.25) is 0 Å². The van der Waals surface area contributed by atoms with Crippen molar-refractivity contribution < 1.29 is 24.2 Å². The first-order valence-corrected chi connectivity index (χ1v) is 2.54. The molecule has 60 valence electrons. The van der Waals surface area contributed by atoms with Crippen molar-refractivity contribution in [2.45, 2.75) is 0 Å². The van der Waals surface area contributed by atoms with Gasteiger partial charge >= 0.3 is 11.9 Å². The molecule has 0 aliphatic heterocycles. The maximum atomic E-state index is 12.0. The summed E-state index contributed by atoms with van der Waals surface area (Å²) in [5.74, 6) is -4.39. The minimum Gasteiger partial charge on any atom is -0.478 e. The van der Waals surface area contributed by atoms with Crippen LogP contribution in [-0.2, 0) is 9.59 Å². The predicted molar refractivity (Wildman–Crippen MR) is 33.6 cm³/mol. The normalized spacial score (nSPS) is 11.9. The molecule has 0 aliphatic carbocycles. The second-order valence-corrected chi connectivity index (χ2v) is 1.52. The first-order valence-electron chi connectivity index (χ1n) is 2.54. The largest absolute Gasteiger partial charge is 0.478 e. The number of hydrogen-bond acceptors (Lipinski definition) is 2. The van der Waals surface area contributed by atoms with Crippen LogP contribution >= 0.6 is 0 Å². The molecule has 5 heteroatoms. The Morgan fingerprint density at radius 3 is 2.18 bits per heavy atom. The number of hydrogen-bond donors (Lipinski definition) is 2. The van der Waals surface area contributed by atoms with Crippen molar-refractivity contribution in [3.8, 4) is 0 Å². The van der Waals surface area contributed by atoms with Gasteiger partial charge in [-0.2, -0.15) is 4.39 Å². The highest BCUT2D eigenvalue weighted by molar-refractivity contribution is 5.85. The summed E-state index contributed by atoms with van der Waals surface area (Å²) in [5.41, 5.74) is 0. The second kappa shape index (κ2) is 4.21. The number of carboxylic acid groups (broad SMARTS) is 2. The summed E-state index contributed by atoms with van der Waals surface area (Å²) in [5, 5.41) is 15.9. The Labute approximate surface area is 61.3 Å². The lowest BCUT2D eigenvalue weighted by Crippen LogP contribution is -1.93. The summed E-state index contributed by atoms with van der Waals surface area (Å²) in [6.07, 6.45) is 1.98. The van der Waals surface area contributed by atoms with Gasteiger partial charge in [-0.05, 0) is 6.08 Å². The van der Waals surface area contributed by atoms with Gasteiger partial charge in [-0.15, -0.1) is 0 Å². The molecule has 0 unspecified atom stereocenters. The number of carbonyl (C=O) groups is 2. The molecule has 0 spiro atoms. The van der Waals surface area contributed by atoms with Crippen molar-refractivity contribution in [1.82, 2.24) is 0 Å². The van der Waals surface area contributed by atoms with Crippen LogP contribution in [0.5, 0.6) is 0 Å². The molecule has 0 aromatic carbocycles. The topological polar surface area (TPSA) is 74.6 Å². The lowest BCUT2D eigenvalue weighted by Gasteiger charge is -1.82. The number of aliphatic carboxylic acids is 2. The summed E-state index contributed by atoms with van der Waals surface area (Å²) >= 11 is 0. The number of halogens is 1. The van der Waals surface area contributed by atoms with Gasteiger partial charge in [0, 0.05) is 6.08 Å². The average Bonchev–Trinajstić information content (AvgIpc) is 1.86. The molecule has 0 saturated carbocycles. The fourth-order valence-corrected chi connectivity index (χ4v) is 0.286. The van der Waals surface area contributed by atoms with Gasteiger partial charge in [-0.3, -0.25) is 0 Å². The predicted octanol–water partition coefficient (Wildman–Crippen LogP) is 0.565. The van der Waals surface area contributed by atoms with Gasteiger partial charge in [-0.1, -0.05) is 6.08 Å². The highest BCUT2D eigenvalue weighted by atomic mass is 19.1. The van der Waals surface area contributed by atoms with Crippen LogP contribution < -0.4 is 0 Å². The minimum absolute atomic E-state index is 0.552. The quantitative estimate of drug-likeness (QED) is 0.467. The van der Waals surface area contributed by atoms with Gasteiger partial charge in [-0.25, -0.2) is 9.59 Å². The number of allylic oxidation sites excluding steroid dienone is 2. The van der Waals surface area contributed by atoms with Crippen LogP contribution in [0.1, 0.15) is 0 Å². The van der Waals surface area contributed by atoms with Crippen molar-refractivity contribution in [2.75, 3.05) is 0 Å². The van der Waals surface area contributed by atoms with Gasteiger partial charge in [0.1, 0.15) is 0 Å². The molecule has 0 fully saturated rings. The SMILES string of the molecule is O=C(O)/C=C/C=C(\F)C(=O)O.